The molecular formula is C14H21NO. The fourth-order valence-corrected chi connectivity index (χ4v) is 1.87. The van der Waals surface area contributed by atoms with Crippen LogP contribution in [0.5, 0.6) is 0 Å². The highest BCUT2D eigenvalue weighted by atomic mass is 16.1. The predicted octanol–water partition coefficient (Wildman–Crippen LogP) is 2.82. The minimum absolute atomic E-state index is 0.0629. The van der Waals surface area contributed by atoms with E-state index >= 15 is 0 Å². The molecule has 1 atom stereocenters. The third-order valence-electron chi connectivity index (χ3n) is 2.71. The molecule has 1 unspecified atom stereocenters. The van der Waals surface area contributed by atoms with Gasteiger partial charge in [-0.2, -0.15) is 0 Å². The summed E-state index contributed by atoms with van der Waals surface area (Å²) in [4.78, 5) is 14.1. The zero-order valence-corrected chi connectivity index (χ0v) is 10.8. The van der Waals surface area contributed by atoms with Crippen molar-refractivity contribution in [2.75, 3.05) is 14.1 Å². The Morgan fingerprint density at radius 2 is 1.88 bits per heavy atom. The lowest BCUT2D eigenvalue weighted by atomic mass is 9.94. The number of aryl methyl sites for hydroxylation is 1. The van der Waals surface area contributed by atoms with Crippen molar-refractivity contribution < 1.29 is 4.79 Å². The second-order valence-electron chi connectivity index (χ2n) is 4.84. The van der Waals surface area contributed by atoms with E-state index in [-0.39, 0.29) is 17.7 Å². The molecule has 1 aromatic carbocycles. The Balaban J connectivity index is 3.08. The van der Waals surface area contributed by atoms with Gasteiger partial charge in [0.15, 0.2) is 5.78 Å². The minimum Gasteiger partial charge on any atom is -0.297 e. The number of Topliss-reactive ketones (excluding diaryl/α,β-unsaturated/α-hetero) is 1. The average molecular weight is 219 g/mol. The van der Waals surface area contributed by atoms with Crippen molar-refractivity contribution in [3.63, 3.8) is 0 Å². The molecule has 88 valence electrons. The van der Waals surface area contributed by atoms with Crippen LogP contribution in [0.2, 0.25) is 0 Å². The smallest absolute Gasteiger partial charge is 0.156 e. The Bertz CT molecular complexity index is 369. The average Bonchev–Trinajstić information content (AvgIpc) is 2.17. The monoisotopic (exact) mass is 219 g/mol. The fourth-order valence-electron chi connectivity index (χ4n) is 1.87. The van der Waals surface area contributed by atoms with Gasteiger partial charge in [0.2, 0.25) is 0 Å². The van der Waals surface area contributed by atoms with Crippen molar-refractivity contribution in [1.82, 2.24) is 4.90 Å². The summed E-state index contributed by atoms with van der Waals surface area (Å²) in [6.45, 7) is 5.96. The number of carbonyl (C=O) groups is 1. The third-order valence-corrected chi connectivity index (χ3v) is 2.71. The van der Waals surface area contributed by atoms with Crippen molar-refractivity contribution >= 4 is 5.78 Å². The number of hydrogen-bond donors (Lipinski definition) is 0. The van der Waals surface area contributed by atoms with E-state index in [0.717, 1.165) is 5.56 Å². The van der Waals surface area contributed by atoms with Crippen LogP contribution >= 0.6 is 0 Å². The molecular weight excluding hydrogens is 198 g/mol. The van der Waals surface area contributed by atoms with E-state index in [1.54, 1.807) is 0 Å². The summed E-state index contributed by atoms with van der Waals surface area (Å²) in [6, 6.07) is 8.05. The van der Waals surface area contributed by atoms with Crippen LogP contribution in [0.3, 0.4) is 0 Å². The number of likely N-dealkylation sites (N-methyl/N-ethyl adjacent to an activating group) is 1. The van der Waals surface area contributed by atoms with Gasteiger partial charge in [-0.3, -0.25) is 9.69 Å². The summed E-state index contributed by atoms with van der Waals surface area (Å²) in [5.74, 6) is 0.337. The normalized spacial score (nSPS) is 13.2. The molecule has 0 heterocycles. The molecule has 0 aliphatic rings. The largest absolute Gasteiger partial charge is 0.297 e. The van der Waals surface area contributed by atoms with Crippen LogP contribution < -0.4 is 0 Å². The zero-order valence-electron chi connectivity index (χ0n) is 10.8. The molecule has 1 rings (SSSR count). The second kappa shape index (κ2) is 5.26. The maximum Gasteiger partial charge on any atom is 0.156 e. The van der Waals surface area contributed by atoms with Crippen molar-refractivity contribution in [2.24, 2.45) is 5.92 Å². The highest BCUT2D eigenvalue weighted by Gasteiger charge is 2.24. The van der Waals surface area contributed by atoms with Gasteiger partial charge in [-0.15, -0.1) is 0 Å². The first-order valence-electron chi connectivity index (χ1n) is 5.70. The van der Waals surface area contributed by atoms with Crippen molar-refractivity contribution in [2.45, 2.75) is 26.8 Å². The highest BCUT2D eigenvalue weighted by Crippen LogP contribution is 2.23. The topological polar surface area (TPSA) is 20.3 Å². The lowest BCUT2D eigenvalue weighted by Gasteiger charge is -2.25. The molecule has 0 amide bonds. The van der Waals surface area contributed by atoms with E-state index in [2.05, 4.69) is 19.1 Å². The number of nitrogens with zero attached hydrogens (tertiary/aromatic N) is 1. The number of carbonyl (C=O) groups excluding carboxylic acids is 1. The molecule has 16 heavy (non-hydrogen) atoms. The van der Waals surface area contributed by atoms with E-state index in [1.165, 1.54) is 5.56 Å². The van der Waals surface area contributed by atoms with Gasteiger partial charge in [-0.05, 0) is 26.6 Å². The van der Waals surface area contributed by atoms with E-state index < -0.39 is 0 Å². The van der Waals surface area contributed by atoms with Gasteiger partial charge in [0, 0.05) is 5.92 Å². The van der Waals surface area contributed by atoms with Crippen molar-refractivity contribution in [3.8, 4) is 0 Å². The van der Waals surface area contributed by atoms with Gasteiger partial charge in [-0.1, -0.05) is 43.7 Å². The summed E-state index contributed by atoms with van der Waals surface area (Å²) >= 11 is 0. The first-order valence-corrected chi connectivity index (χ1v) is 5.70. The lowest BCUT2D eigenvalue weighted by Crippen LogP contribution is -2.30. The molecule has 0 saturated carbocycles. The third kappa shape index (κ3) is 2.92. The Hall–Kier alpha value is -1.15. The quantitative estimate of drug-likeness (QED) is 0.776. The minimum atomic E-state index is -0.125. The molecule has 0 aromatic heterocycles. The van der Waals surface area contributed by atoms with Crippen LogP contribution in [0.4, 0.5) is 0 Å². The predicted molar refractivity (Wildman–Crippen MR) is 67.5 cm³/mol. The Kier molecular flexibility index (Phi) is 4.25. The number of hydrogen-bond acceptors (Lipinski definition) is 2. The van der Waals surface area contributed by atoms with Gasteiger partial charge in [-0.25, -0.2) is 0 Å². The molecule has 2 nitrogen and oxygen atoms in total. The number of ketones is 1. The van der Waals surface area contributed by atoms with Gasteiger partial charge < -0.3 is 0 Å². The van der Waals surface area contributed by atoms with Crippen LogP contribution in [0.25, 0.3) is 0 Å². The van der Waals surface area contributed by atoms with E-state index in [9.17, 15) is 4.79 Å². The van der Waals surface area contributed by atoms with E-state index in [4.69, 9.17) is 0 Å². The molecule has 1 aromatic rings. The van der Waals surface area contributed by atoms with Crippen LogP contribution in [0.1, 0.15) is 31.0 Å². The summed E-state index contributed by atoms with van der Waals surface area (Å²) in [6.07, 6.45) is 0. The molecule has 0 fully saturated rings. The molecule has 0 N–H and O–H groups in total. The highest BCUT2D eigenvalue weighted by molar-refractivity contribution is 5.86. The Morgan fingerprint density at radius 1 is 1.25 bits per heavy atom. The van der Waals surface area contributed by atoms with Crippen LogP contribution in [-0.2, 0) is 4.79 Å². The molecule has 2 heteroatoms. The molecule has 0 radical (unpaired) electrons. The Labute approximate surface area is 98.3 Å². The zero-order chi connectivity index (χ0) is 12.3. The summed E-state index contributed by atoms with van der Waals surface area (Å²) in [7, 11) is 3.90. The second-order valence-corrected chi connectivity index (χ2v) is 4.84. The van der Waals surface area contributed by atoms with Crippen LogP contribution in [0, 0.1) is 12.8 Å². The van der Waals surface area contributed by atoms with E-state index in [1.807, 2.05) is 45.0 Å². The van der Waals surface area contributed by atoms with Crippen LogP contribution in [0.15, 0.2) is 24.3 Å². The Morgan fingerprint density at radius 3 is 2.31 bits per heavy atom. The first-order chi connectivity index (χ1) is 7.43. The SMILES string of the molecule is Cc1cccc(C(C(=O)C(C)C)N(C)C)c1. The molecule has 0 bridgehead atoms. The van der Waals surface area contributed by atoms with Gasteiger partial charge >= 0.3 is 0 Å². The van der Waals surface area contributed by atoms with E-state index in [0.29, 0.717) is 0 Å². The summed E-state index contributed by atoms with van der Waals surface area (Å²) < 4.78 is 0. The van der Waals surface area contributed by atoms with Gasteiger partial charge in [0.05, 0.1) is 6.04 Å². The molecule has 0 spiro atoms. The maximum atomic E-state index is 12.2. The number of rotatable bonds is 4. The van der Waals surface area contributed by atoms with Gasteiger partial charge in [0.25, 0.3) is 0 Å². The molecule has 0 aliphatic heterocycles. The summed E-state index contributed by atoms with van der Waals surface area (Å²) in [5.41, 5.74) is 2.28. The van der Waals surface area contributed by atoms with Crippen molar-refractivity contribution in [1.29, 1.82) is 0 Å². The standard InChI is InChI=1S/C14H21NO/c1-10(2)14(16)13(15(4)5)12-8-6-7-11(3)9-12/h6-10,13H,1-5H3. The van der Waals surface area contributed by atoms with Crippen LogP contribution in [-0.4, -0.2) is 24.8 Å². The fraction of sp³-hybridized carbons (Fsp3) is 0.500. The molecule has 0 aliphatic carbocycles. The summed E-state index contributed by atoms with van der Waals surface area (Å²) in [5, 5.41) is 0. The maximum absolute atomic E-state index is 12.2. The van der Waals surface area contributed by atoms with Gasteiger partial charge in [0.1, 0.15) is 0 Å². The number of benzene rings is 1. The lowest BCUT2D eigenvalue weighted by molar-refractivity contribution is -0.126. The molecule has 0 saturated heterocycles. The first kappa shape index (κ1) is 12.9. The van der Waals surface area contributed by atoms with Crippen molar-refractivity contribution in [3.05, 3.63) is 35.4 Å².